The molecule has 10 rings (SSSR count). The molecule has 4 N–H and O–H groups in total. The number of aromatic hydroxyl groups is 1. The summed E-state index contributed by atoms with van der Waals surface area (Å²) in [5.41, 5.74) is 11.3. The summed E-state index contributed by atoms with van der Waals surface area (Å²) in [6.45, 7) is 6.35. The Kier molecular flexibility index (Phi) is 11.4. The Morgan fingerprint density at radius 3 is 2.36 bits per heavy atom. The fourth-order valence-electron chi connectivity index (χ4n) is 10.5. The van der Waals surface area contributed by atoms with Gasteiger partial charge in [-0.1, -0.05) is 24.3 Å². The van der Waals surface area contributed by atoms with Gasteiger partial charge < -0.3 is 54.5 Å². The van der Waals surface area contributed by atoms with Gasteiger partial charge in [-0.15, -0.1) is 10.2 Å². The van der Waals surface area contributed by atoms with Gasteiger partial charge in [0.1, 0.15) is 30.3 Å². The van der Waals surface area contributed by atoms with Crippen molar-refractivity contribution in [3.05, 3.63) is 72.8 Å². The summed E-state index contributed by atoms with van der Waals surface area (Å²) < 4.78 is 18.9. The molecule has 7 heterocycles. The molecule has 336 valence electrons. The van der Waals surface area contributed by atoms with E-state index in [4.69, 9.17) is 19.9 Å². The lowest BCUT2D eigenvalue weighted by atomic mass is 10.0. The van der Waals surface area contributed by atoms with Gasteiger partial charge in [-0.25, -0.2) is 4.79 Å². The van der Waals surface area contributed by atoms with Crippen molar-refractivity contribution < 1.29 is 33.7 Å². The third kappa shape index (κ3) is 8.12. The Morgan fingerprint density at radius 2 is 1.59 bits per heavy atom. The van der Waals surface area contributed by atoms with Crippen molar-refractivity contribution >= 4 is 46.4 Å². The van der Waals surface area contributed by atoms with Gasteiger partial charge in [-0.05, 0) is 61.7 Å². The fourth-order valence-corrected chi connectivity index (χ4v) is 10.5. The number of carbonyl (C=O) groups excluding carboxylic acids is 3. The summed E-state index contributed by atoms with van der Waals surface area (Å²) in [6.07, 6.45) is 3.98. The van der Waals surface area contributed by atoms with Crippen LogP contribution in [0.15, 0.2) is 72.8 Å². The van der Waals surface area contributed by atoms with E-state index in [0.29, 0.717) is 82.5 Å². The summed E-state index contributed by atoms with van der Waals surface area (Å²) in [7, 11) is 1.93. The lowest BCUT2D eigenvalue weighted by Crippen LogP contribution is -2.65. The second-order valence-corrected chi connectivity index (χ2v) is 17.7. The first-order valence-corrected chi connectivity index (χ1v) is 22.6. The standard InChI is InChI=1S/C47H56N10O7/c1-52(30-14-18-53(19-15-30)38-9-5-10-39-44(38)63-23-22-56(39)40-12-13-43(59)49-46(40)60)47(61)54-20-16-34(17-21-54)64-35-7-4-6-31(24-35)57-32-26-55(27-33(57)29-62-28-32)41-25-37(50-51-45(41)48)36-8-2-3-11-42(36)58/h2-11,24-25,30,32-34,40,58H,12-23,26-29H2,1H3,(H2,48,51)(H,49,59,60)/t32-,33+,40-/m1/s1. The molecule has 64 heavy (non-hydrogen) atoms. The SMILES string of the molecule is CN(C(=O)N1CCC(Oc2cccc(N3[C@@H]4COC[C@H]3CN(c3cc(-c5ccccc5O)nnc3N)C4)c2)CC1)C1CCN(c2cccc3c2OCCN3[C@@H]2CCC(=O)NC2=O)CC1. The predicted octanol–water partition coefficient (Wildman–Crippen LogP) is 4.09. The van der Waals surface area contributed by atoms with Crippen LogP contribution in [0, 0.1) is 0 Å². The molecule has 0 aliphatic carbocycles. The molecule has 2 bridgehead atoms. The topological polar surface area (TPSA) is 182 Å². The van der Waals surface area contributed by atoms with E-state index in [-0.39, 0.29) is 47.8 Å². The number of nitrogens with one attached hydrogen (secondary N) is 1. The van der Waals surface area contributed by atoms with Gasteiger partial charge in [-0.2, -0.15) is 0 Å². The molecule has 4 aromatic rings. The number of piperazine rings is 1. The summed E-state index contributed by atoms with van der Waals surface area (Å²) >= 11 is 0. The van der Waals surface area contributed by atoms with Crippen molar-refractivity contribution in [1.29, 1.82) is 0 Å². The molecule has 3 atom stereocenters. The van der Waals surface area contributed by atoms with Crippen molar-refractivity contribution in [3.63, 3.8) is 0 Å². The van der Waals surface area contributed by atoms with E-state index >= 15 is 0 Å². The van der Waals surface area contributed by atoms with E-state index in [1.54, 1.807) is 12.1 Å². The molecule has 0 radical (unpaired) electrons. The monoisotopic (exact) mass is 872 g/mol. The Labute approximate surface area is 372 Å². The van der Waals surface area contributed by atoms with Crippen LogP contribution in [0.25, 0.3) is 11.3 Å². The van der Waals surface area contributed by atoms with Gasteiger partial charge in [-0.3, -0.25) is 14.9 Å². The number of likely N-dealkylation sites (tertiary alicyclic amines) is 1. The second kappa shape index (κ2) is 17.6. The number of fused-ring (bicyclic) bond motifs is 3. The van der Waals surface area contributed by atoms with Crippen LogP contribution < -0.4 is 40.1 Å². The number of nitrogen functional groups attached to an aromatic ring is 1. The smallest absolute Gasteiger partial charge is 0.319 e. The summed E-state index contributed by atoms with van der Waals surface area (Å²) in [5.74, 6) is 1.62. The van der Waals surface area contributed by atoms with Gasteiger partial charge in [0.25, 0.3) is 0 Å². The quantitative estimate of drug-likeness (QED) is 0.215. The number of anilines is 5. The molecule has 0 spiro atoms. The van der Waals surface area contributed by atoms with Gasteiger partial charge in [0.2, 0.25) is 11.8 Å². The molecule has 5 saturated heterocycles. The van der Waals surface area contributed by atoms with E-state index in [9.17, 15) is 19.5 Å². The number of phenols is 1. The minimum Gasteiger partial charge on any atom is -0.507 e. The zero-order valence-corrected chi connectivity index (χ0v) is 36.2. The number of hydrogen-bond donors (Lipinski definition) is 3. The number of morpholine rings is 1. The van der Waals surface area contributed by atoms with Gasteiger partial charge in [0, 0.05) is 88.9 Å². The van der Waals surface area contributed by atoms with Crippen molar-refractivity contribution in [1.82, 2.24) is 25.3 Å². The molecular weight excluding hydrogens is 817 g/mol. The molecule has 4 amide bonds. The number of urea groups is 1. The summed E-state index contributed by atoms with van der Waals surface area (Å²) in [4.78, 5) is 51.4. The first-order valence-electron chi connectivity index (χ1n) is 22.6. The number of nitrogens with zero attached hydrogens (tertiary/aromatic N) is 8. The minimum atomic E-state index is -0.398. The van der Waals surface area contributed by atoms with Gasteiger partial charge in [0.15, 0.2) is 11.6 Å². The number of para-hydroxylation sites is 2. The molecule has 0 saturated carbocycles. The second-order valence-electron chi connectivity index (χ2n) is 17.7. The minimum absolute atomic E-state index is 0.00197. The van der Waals surface area contributed by atoms with E-state index in [1.807, 2.05) is 59.3 Å². The molecule has 17 nitrogen and oxygen atoms in total. The van der Waals surface area contributed by atoms with Crippen molar-refractivity contribution in [2.45, 2.75) is 68.8 Å². The number of rotatable bonds is 8. The molecule has 5 fully saturated rings. The number of phenolic OH excluding ortho intramolecular Hbond substituents is 1. The van der Waals surface area contributed by atoms with Crippen molar-refractivity contribution in [2.75, 3.05) is 98.0 Å². The number of aromatic nitrogens is 2. The first kappa shape index (κ1) is 41.5. The van der Waals surface area contributed by atoms with E-state index in [1.165, 1.54) is 0 Å². The molecular formula is C47H56N10O7. The molecule has 3 aromatic carbocycles. The highest BCUT2D eigenvalue weighted by Crippen LogP contribution is 2.43. The number of hydrogen-bond acceptors (Lipinski definition) is 14. The van der Waals surface area contributed by atoms with Crippen LogP contribution >= 0.6 is 0 Å². The summed E-state index contributed by atoms with van der Waals surface area (Å²) in [5, 5.41) is 21.5. The van der Waals surface area contributed by atoms with E-state index in [2.05, 4.69) is 53.3 Å². The number of nitrogens with two attached hydrogens (primary N) is 1. The fraction of sp³-hybridized carbons (Fsp3) is 0.468. The van der Waals surface area contributed by atoms with Crippen molar-refractivity contribution in [3.8, 4) is 28.5 Å². The average molecular weight is 873 g/mol. The number of ether oxygens (including phenoxy) is 3. The van der Waals surface area contributed by atoms with Gasteiger partial charge in [0.05, 0.1) is 54.6 Å². The number of carbonyl (C=O) groups is 3. The Hall–Kier alpha value is -6.49. The average Bonchev–Trinajstić information content (AvgIpc) is 3.31. The maximum atomic E-state index is 13.9. The largest absolute Gasteiger partial charge is 0.507 e. The molecule has 0 unspecified atom stereocenters. The van der Waals surface area contributed by atoms with Crippen molar-refractivity contribution in [2.24, 2.45) is 0 Å². The highest BCUT2D eigenvalue weighted by atomic mass is 16.5. The predicted molar refractivity (Wildman–Crippen MR) is 242 cm³/mol. The third-order valence-electron chi connectivity index (χ3n) is 13.8. The van der Waals surface area contributed by atoms with Crippen LogP contribution in [0.2, 0.25) is 0 Å². The Balaban J connectivity index is 0.722. The highest BCUT2D eigenvalue weighted by molar-refractivity contribution is 6.02. The number of benzene rings is 3. The van der Waals surface area contributed by atoms with E-state index in [0.717, 1.165) is 73.0 Å². The normalized spacial score (nSPS) is 23.0. The number of imide groups is 1. The first-order chi connectivity index (χ1) is 31.2. The zero-order valence-electron chi connectivity index (χ0n) is 36.2. The van der Waals surface area contributed by atoms with Crippen LogP contribution in [-0.2, 0) is 14.3 Å². The lowest BCUT2D eigenvalue weighted by Gasteiger charge is -2.51. The number of amides is 4. The Morgan fingerprint density at radius 1 is 0.844 bits per heavy atom. The van der Waals surface area contributed by atoms with Crippen LogP contribution in [0.5, 0.6) is 17.2 Å². The van der Waals surface area contributed by atoms with Crippen LogP contribution in [0.1, 0.15) is 38.5 Å². The van der Waals surface area contributed by atoms with E-state index < -0.39 is 6.04 Å². The highest BCUT2D eigenvalue weighted by Gasteiger charge is 2.40. The molecule has 6 aliphatic rings. The maximum absolute atomic E-state index is 13.9. The molecule has 6 aliphatic heterocycles. The number of piperidine rings is 3. The third-order valence-corrected chi connectivity index (χ3v) is 13.8. The zero-order chi connectivity index (χ0) is 43.9. The molecule has 17 heteroatoms. The molecule has 1 aromatic heterocycles. The maximum Gasteiger partial charge on any atom is 0.319 e. The van der Waals surface area contributed by atoms with Crippen LogP contribution in [-0.4, -0.2) is 146 Å². The lowest BCUT2D eigenvalue weighted by molar-refractivity contribution is -0.134. The Bertz CT molecular complexity index is 2370. The summed E-state index contributed by atoms with van der Waals surface area (Å²) in [6, 6.07) is 23.3. The van der Waals surface area contributed by atoms with Gasteiger partial charge >= 0.3 is 6.03 Å². The van der Waals surface area contributed by atoms with Crippen LogP contribution in [0.3, 0.4) is 0 Å². The van der Waals surface area contributed by atoms with Crippen LogP contribution in [0.4, 0.5) is 33.4 Å².